The number of amides is 1. The minimum Gasteiger partial charge on any atom is -0.453 e. The van der Waals surface area contributed by atoms with Crippen LogP contribution in [0, 0.1) is 0 Å². The topological polar surface area (TPSA) is 54.7 Å². The number of hydrogen-bond acceptors (Lipinski definition) is 4. The van der Waals surface area contributed by atoms with Gasteiger partial charge >= 0.3 is 0 Å². The Morgan fingerprint density at radius 2 is 2.14 bits per heavy atom. The van der Waals surface area contributed by atoms with Crippen LogP contribution in [0.3, 0.4) is 0 Å². The van der Waals surface area contributed by atoms with Crippen molar-refractivity contribution in [1.82, 2.24) is 10.2 Å². The van der Waals surface area contributed by atoms with Crippen molar-refractivity contribution >= 4 is 18.3 Å². The van der Waals surface area contributed by atoms with Crippen LogP contribution >= 0.6 is 12.4 Å². The third-order valence-electron chi connectivity index (χ3n) is 3.63. The summed E-state index contributed by atoms with van der Waals surface area (Å²) in [6, 6.07) is 3.88. The molecule has 0 radical (unpaired) electrons. The lowest BCUT2D eigenvalue weighted by Crippen LogP contribution is -2.46. The molecule has 6 heteroatoms. The van der Waals surface area contributed by atoms with Gasteiger partial charge in [0, 0.05) is 19.7 Å². The molecular weight excluding hydrogens is 292 g/mol. The van der Waals surface area contributed by atoms with Crippen molar-refractivity contribution in [2.24, 2.45) is 0 Å². The van der Waals surface area contributed by atoms with Gasteiger partial charge < -0.3 is 19.4 Å². The van der Waals surface area contributed by atoms with Crippen LogP contribution in [0.1, 0.15) is 42.5 Å². The molecule has 1 fully saturated rings. The molecule has 1 aliphatic rings. The number of carbonyl (C=O) groups is 1. The number of rotatable bonds is 6. The SMILES string of the molecule is CCCN(C(=O)c1ccc(COC)o1)C1CCNCC1.Cl. The van der Waals surface area contributed by atoms with Gasteiger partial charge in [0.1, 0.15) is 12.4 Å². The summed E-state index contributed by atoms with van der Waals surface area (Å²) in [7, 11) is 1.61. The van der Waals surface area contributed by atoms with Crippen LogP contribution in [0.5, 0.6) is 0 Å². The van der Waals surface area contributed by atoms with Crippen LogP contribution < -0.4 is 5.32 Å². The van der Waals surface area contributed by atoms with Gasteiger partial charge in [0.25, 0.3) is 5.91 Å². The molecule has 1 aromatic rings. The molecule has 1 N–H and O–H groups in total. The van der Waals surface area contributed by atoms with Crippen molar-refractivity contribution in [2.75, 3.05) is 26.7 Å². The van der Waals surface area contributed by atoms with Gasteiger partial charge in [-0.1, -0.05) is 6.92 Å². The average molecular weight is 317 g/mol. The molecule has 1 saturated heterocycles. The second-order valence-electron chi connectivity index (χ2n) is 5.18. The van der Waals surface area contributed by atoms with Gasteiger partial charge in [-0.15, -0.1) is 12.4 Å². The molecule has 1 aliphatic heterocycles. The van der Waals surface area contributed by atoms with Gasteiger partial charge in [-0.2, -0.15) is 0 Å². The number of methoxy groups -OCH3 is 1. The molecule has 0 spiro atoms. The summed E-state index contributed by atoms with van der Waals surface area (Å²) in [5.74, 6) is 1.11. The maximum absolute atomic E-state index is 12.6. The van der Waals surface area contributed by atoms with Crippen LogP contribution in [0.2, 0.25) is 0 Å². The zero-order chi connectivity index (χ0) is 14.4. The Bertz CT molecular complexity index is 430. The molecular formula is C15H25ClN2O3. The molecule has 21 heavy (non-hydrogen) atoms. The number of hydrogen-bond donors (Lipinski definition) is 1. The monoisotopic (exact) mass is 316 g/mol. The molecule has 1 aromatic heterocycles. The normalized spacial score (nSPS) is 15.5. The van der Waals surface area contributed by atoms with Crippen LogP contribution in [0.4, 0.5) is 0 Å². The number of ether oxygens (including phenoxy) is 1. The second-order valence-corrected chi connectivity index (χ2v) is 5.18. The van der Waals surface area contributed by atoms with Gasteiger partial charge in [-0.25, -0.2) is 0 Å². The van der Waals surface area contributed by atoms with Crippen molar-refractivity contribution in [1.29, 1.82) is 0 Å². The Hall–Kier alpha value is -1.04. The van der Waals surface area contributed by atoms with Crippen LogP contribution in [-0.4, -0.2) is 43.6 Å². The highest BCUT2D eigenvalue weighted by Gasteiger charge is 2.27. The summed E-state index contributed by atoms with van der Waals surface area (Å²) >= 11 is 0. The predicted octanol–water partition coefficient (Wildman–Crippen LogP) is 2.45. The quantitative estimate of drug-likeness (QED) is 0.876. The van der Waals surface area contributed by atoms with E-state index in [4.69, 9.17) is 9.15 Å². The first kappa shape index (κ1) is 18.0. The van der Waals surface area contributed by atoms with E-state index in [2.05, 4.69) is 12.2 Å². The highest BCUT2D eigenvalue weighted by Crippen LogP contribution is 2.18. The fraction of sp³-hybridized carbons (Fsp3) is 0.667. The maximum Gasteiger partial charge on any atom is 0.289 e. The van der Waals surface area contributed by atoms with Gasteiger partial charge in [-0.05, 0) is 44.5 Å². The Balaban J connectivity index is 0.00000220. The maximum atomic E-state index is 12.6. The molecule has 5 nitrogen and oxygen atoms in total. The lowest BCUT2D eigenvalue weighted by Gasteiger charge is -2.34. The standard InChI is InChI=1S/C15H24N2O3.ClH/c1-3-10-17(12-6-8-16-9-7-12)15(18)14-5-4-13(20-14)11-19-2;/h4-5,12,16H,3,6-11H2,1-2H3;1H. The van der Waals surface area contributed by atoms with Crippen molar-refractivity contribution < 1.29 is 13.9 Å². The number of nitrogens with zero attached hydrogens (tertiary/aromatic N) is 1. The lowest BCUT2D eigenvalue weighted by atomic mass is 10.0. The Morgan fingerprint density at radius 1 is 1.43 bits per heavy atom. The number of furan rings is 1. The van der Waals surface area contributed by atoms with Gasteiger partial charge in [0.05, 0.1) is 0 Å². The number of piperidine rings is 1. The van der Waals surface area contributed by atoms with E-state index in [0.29, 0.717) is 24.2 Å². The fourth-order valence-corrected chi connectivity index (χ4v) is 2.66. The lowest BCUT2D eigenvalue weighted by molar-refractivity contribution is 0.0603. The Labute approximate surface area is 132 Å². The minimum atomic E-state index is 0. The summed E-state index contributed by atoms with van der Waals surface area (Å²) in [4.78, 5) is 14.6. The van der Waals surface area contributed by atoms with Crippen molar-refractivity contribution in [2.45, 2.75) is 38.8 Å². The Morgan fingerprint density at radius 3 is 2.76 bits per heavy atom. The fourth-order valence-electron chi connectivity index (χ4n) is 2.66. The molecule has 2 rings (SSSR count). The predicted molar refractivity (Wildman–Crippen MR) is 83.9 cm³/mol. The first-order valence-electron chi connectivity index (χ1n) is 7.35. The van der Waals surface area contributed by atoms with Gasteiger partial charge in [0.15, 0.2) is 5.76 Å². The van der Waals surface area contributed by atoms with Gasteiger partial charge in [-0.3, -0.25) is 4.79 Å². The van der Waals surface area contributed by atoms with E-state index in [-0.39, 0.29) is 18.3 Å². The van der Waals surface area contributed by atoms with E-state index in [9.17, 15) is 4.79 Å². The molecule has 120 valence electrons. The minimum absolute atomic E-state index is 0. The molecule has 0 saturated carbocycles. The van der Waals surface area contributed by atoms with Crippen LogP contribution in [0.15, 0.2) is 16.5 Å². The van der Waals surface area contributed by atoms with Crippen LogP contribution in [-0.2, 0) is 11.3 Å². The summed E-state index contributed by atoms with van der Waals surface area (Å²) in [6.45, 7) is 5.23. The molecule has 2 heterocycles. The van der Waals surface area contributed by atoms with E-state index in [0.717, 1.165) is 38.9 Å². The molecule has 0 unspecified atom stereocenters. The summed E-state index contributed by atoms with van der Waals surface area (Å²) < 4.78 is 10.6. The highest BCUT2D eigenvalue weighted by molar-refractivity contribution is 5.91. The third-order valence-corrected chi connectivity index (χ3v) is 3.63. The highest BCUT2D eigenvalue weighted by atomic mass is 35.5. The van der Waals surface area contributed by atoms with E-state index < -0.39 is 0 Å². The zero-order valence-corrected chi connectivity index (χ0v) is 13.6. The van der Waals surface area contributed by atoms with Crippen LogP contribution in [0.25, 0.3) is 0 Å². The average Bonchev–Trinajstić information content (AvgIpc) is 2.94. The number of halogens is 1. The van der Waals surface area contributed by atoms with Crippen molar-refractivity contribution in [3.05, 3.63) is 23.7 Å². The van der Waals surface area contributed by atoms with Gasteiger partial charge in [0.2, 0.25) is 0 Å². The van der Waals surface area contributed by atoms with E-state index in [1.165, 1.54) is 0 Å². The van der Waals surface area contributed by atoms with E-state index >= 15 is 0 Å². The largest absolute Gasteiger partial charge is 0.453 e. The summed E-state index contributed by atoms with van der Waals surface area (Å²) in [5.41, 5.74) is 0. The number of carbonyl (C=O) groups excluding carboxylic acids is 1. The van der Waals surface area contributed by atoms with Crippen molar-refractivity contribution in [3.8, 4) is 0 Å². The first-order valence-corrected chi connectivity index (χ1v) is 7.35. The summed E-state index contributed by atoms with van der Waals surface area (Å²) in [6.07, 6.45) is 2.98. The first-order chi connectivity index (χ1) is 9.76. The molecule has 0 aromatic carbocycles. The number of nitrogens with one attached hydrogen (secondary N) is 1. The second kappa shape index (κ2) is 9.07. The summed E-state index contributed by atoms with van der Waals surface area (Å²) in [5, 5.41) is 3.33. The smallest absolute Gasteiger partial charge is 0.289 e. The Kier molecular flexibility index (Phi) is 7.78. The third kappa shape index (κ3) is 4.73. The van der Waals surface area contributed by atoms with E-state index in [1.807, 2.05) is 11.0 Å². The molecule has 0 bridgehead atoms. The van der Waals surface area contributed by atoms with Crippen molar-refractivity contribution in [3.63, 3.8) is 0 Å². The zero-order valence-electron chi connectivity index (χ0n) is 12.8. The molecule has 0 aliphatic carbocycles. The molecule has 1 amide bonds. The van der Waals surface area contributed by atoms with E-state index in [1.54, 1.807) is 13.2 Å². The molecule has 0 atom stereocenters.